The minimum atomic E-state index is -0.841. The van der Waals surface area contributed by atoms with Crippen LogP contribution in [-0.2, 0) is 0 Å². The number of benzene rings is 1. The maximum absolute atomic E-state index is 10.8. The van der Waals surface area contributed by atoms with Crippen molar-refractivity contribution in [1.82, 2.24) is 9.80 Å². The van der Waals surface area contributed by atoms with Crippen LogP contribution in [0.25, 0.3) is 0 Å². The summed E-state index contributed by atoms with van der Waals surface area (Å²) in [6.45, 7) is 4.05. The average molecular weight is 333 g/mol. The molecule has 0 radical (unpaired) electrons. The monoisotopic (exact) mass is 332 g/mol. The van der Waals surface area contributed by atoms with Crippen LogP contribution in [0.1, 0.15) is 6.42 Å². The van der Waals surface area contributed by atoms with E-state index in [0.29, 0.717) is 35.5 Å². The summed E-state index contributed by atoms with van der Waals surface area (Å²) in [5.74, 6) is 0.525. The standard InChI is InChI=1S/C14H18Cl2N2O3/c15-11-3-1-4-12(16)13(11)21-10-2-5-17-6-8-18(9-7-17)14(19)20/h1,3-4H,2,5-10H2,(H,19,20). The minimum absolute atomic E-state index is 0.512. The van der Waals surface area contributed by atoms with Gasteiger partial charge >= 0.3 is 6.09 Å². The molecule has 0 aliphatic carbocycles. The number of nitrogens with zero attached hydrogens (tertiary/aromatic N) is 2. The predicted molar refractivity (Wildman–Crippen MR) is 82.6 cm³/mol. The molecule has 1 saturated heterocycles. The fourth-order valence-electron chi connectivity index (χ4n) is 2.25. The van der Waals surface area contributed by atoms with Crippen molar-refractivity contribution in [2.75, 3.05) is 39.3 Å². The average Bonchev–Trinajstić information content (AvgIpc) is 2.46. The van der Waals surface area contributed by atoms with E-state index in [9.17, 15) is 4.79 Å². The molecule has 5 nitrogen and oxygen atoms in total. The topological polar surface area (TPSA) is 53.0 Å². The van der Waals surface area contributed by atoms with Gasteiger partial charge in [0.2, 0.25) is 0 Å². The second-order valence-electron chi connectivity index (χ2n) is 4.86. The quantitative estimate of drug-likeness (QED) is 0.842. The first-order valence-electron chi connectivity index (χ1n) is 6.85. The van der Waals surface area contributed by atoms with Gasteiger partial charge in [-0.1, -0.05) is 29.3 Å². The first-order valence-corrected chi connectivity index (χ1v) is 7.60. The number of piperazine rings is 1. The van der Waals surface area contributed by atoms with Crippen molar-refractivity contribution < 1.29 is 14.6 Å². The second kappa shape index (κ2) is 7.73. The summed E-state index contributed by atoms with van der Waals surface area (Å²) < 4.78 is 5.62. The van der Waals surface area contributed by atoms with Crippen molar-refractivity contribution in [3.05, 3.63) is 28.2 Å². The van der Waals surface area contributed by atoms with Crippen LogP contribution in [-0.4, -0.2) is 60.3 Å². The fourth-order valence-corrected chi connectivity index (χ4v) is 2.75. The largest absolute Gasteiger partial charge is 0.490 e. The summed E-state index contributed by atoms with van der Waals surface area (Å²) in [7, 11) is 0. The molecule has 0 atom stereocenters. The Morgan fingerprint density at radius 3 is 2.38 bits per heavy atom. The number of carbonyl (C=O) groups is 1. The summed E-state index contributed by atoms with van der Waals surface area (Å²) in [4.78, 5) is 14.5. The third-order valence-corrected chi connectivity index (χ3v) is 4.02. The van der Waals surface area contributed by atoms with E-state index < -0.39 is 6.09 Å². The van der Waals surface area contributed by atoms with Gasteiger partial charge in [0.1, 0.15) is 0 Å². The zero-order valence-electron chi connectivity index (χ0n) is 11.6. The second-order valence-corrected chi connectivity index (χ2v) is 5.68. The van der Waals surface area contributed by atoms with Crippen LogP contribution in [0.4, 0.5) is 4.79 Å². The van der Waals surface area contributed by atoms with Gasteiger partial charge < -0.3 is 14.7 Å². The number of rotatable bonds is 5. The van der Waals surface area contributed by atoms with Gasteiger partial charge in [0.05, 0.1) is 16.7 Å². The molecule has 1 aromatic carbocycles. The van der Waals surface area contributed by atoms with Crippen molar-refractivity contribution in [3.63, 3.8) is 0 Å². The summed E-state index contributed by atoms with van der Waals surface area (Å²) in [6.07, 6.45) is 0.000541. The van der Waals surface area contributed by atoms with Crippen molar-refractivity contribution in [2.24, 2.45) is 0 Å². The van der Waals surface area contributed by atoms with E-state index in [-0.39, 0.29) is 0 Å². The molecule has 0 bridgehead atoms. The van der Waals surface area contributed by atoms with E-state index in [4.69, 9.17) is 33.0 Å². The number of hydrogen-bond acceptors (Lipinski definition) is 3. The third kappa shape index (κ3) is 4.66. The summed E-state index contributed by atoms with van der Waals surface area (Å²) in [5.41, 5.74) is 0. The van der Waals surface area contributed by atoms with E-state index in [2.05, 4.69) is 4.90 Å². The van der Waals surface area contributed by atoms with Crippen LogP contribution in [0.5, 0.6) is 5.75 Å². The van der Waals surface area contributed by atoms with Gasteiger partial charge in [0.15, 0.2) is 5.75 Å². The minimum Gasteiger partial charge on any atom is -0.490 e. The number of ether oxygens (including phenoxy) is 1. The predicted octanol–water partition coefficient (Wildman–Crippen LogP) is 3.06. The summed E-state index contributed by atoms with van der Waals surface area (Å²) in [5, 5.41) is 9.90. The smallest absolute Gasteiger partial charge is 0.407 e. The molecule has 0 aromatic heterocycles. The number of hydrogen-bond donors (Lipinski definition) is 1. The molecule has 0 unspecified atom stereocenters. The Morgan fingerprint density at radius 1 is 1.19 bits per heavy atom. The molecular weight excluding hydrogens is 315 g/mol. The first-order chi connectivity index (χ1) is 10.1. The molecule has 7 heteroatoms. The molecule has 0 spiro atoms. The molecule has 2 rings (SSSR count). The van der Waals surface area contributed by atoms with Crippen LogP contribution in [0.15, 0.2) is 18.2 Å². The van der Waals surface area contributed by atoms with Gasteiger partial charge in [-0.25, -0.2) is 4.79 Å². The number of para-hydroxylation sites is 1. The van der Waals surface area contributed by atoms with Crippen molar-refractivity contribution in [3.8, 4) is 5.75 Å². The maximum atomic E-state index is 10.8. The van der Waals surface area contributed by atoms with Gasteiger partial charge in [0.25, 0.3) is 0 Å². The number of halogens is 2. The molecule has 1 fully saturated rings. The van der Waals surface area contributed by atoms with Crippen LogP contribution < -0.4 is 4.74 Å². The van der Waals surface area contributed by atoms with Crippen molar-refractivity contribution in [1.29, 1.82) is 0 Å². The Labute approximate surface area is 134 Å². The van der Waals surface area contributed by atoms with Crippen molar-refractivity contribution >= 4 is 29.3 Å². The fraction of sp³-hybridized carbons (Fsp3) is 0.500. The van der Waals surface area contributed by atoms with E-state index in [1.807, 2.05) is 0 Å². The highest BCUT2D eigenvalue weighted by atomic mass is 35.5. The number of amides is 1. The van der Waals surface area contributed by atoms with Gasteiger partial charge in [-0.15, -0.1) is 0 Å². The van der Waals surface area contributed by atoms with Crippen LogP contribution in [0, 0.1) is 0 Å². The maximum Gasteiger partial charge on any atom is 0.407 e. The van der Waals surface area contributed by atoms with Crippen LogP contribution >= 0.6 is 23.2 Å². The Kier molecular flexibility index (Phi) is 5.96. The summed E-state index contributed by atoms with van der Waals surface area (Å²) >= 11 is 12.0. The SMILES string of the molecule is O=C(O)N1CCN(CCCOc2c(Cl)cccc2Cl)CC1. The highest BCUT2D eigenvalue weighted by Gasteiger charge is 2.19. The lowest BCUT2D eigenvalue weighted by Crippen LogP contribution is -2.48. The summed E-state index contributed by atoms with van der Waals surface area (Å²) in [6, 6.07) is 5.27. The van der Waals surface area contributed by atoms with Gasteiger partial charge in [-0.3, -0.25) is 4.90 Å². The molecule has 1 heterocycles. The Balaban J connectivity index is 1.68. The first kappa shape index (κ1) is 16.2. The number of carboxylic acid groups (broad SMARTS) is 1. The van der Waals surface area contributed by atoms with E-state index >= 15 is 0 Å². The molecule has 0 saturated carbocycles. The molecular formula is C14H18Cl2N2O3. The molecule has 21 heavy (non-hydrogen) atoms. The lowest BCUT2D eigenvalue weighted by Gasteiger charge is -2.32. The normalized spacial score (nSPS) is 16.0. The molecule has 1 aliphatic rings. The molecule has 116 valence electrons. The van der Waals surface area contributed by atoms with Gasteiger partial charge in [-0.05, 0) is 18.6 Å². The zero-order chi connectivity index (χ0) is 15.2. The Morgan fingerprint density at radius 2 is 1.81 bits per heavy atom. The molecule has 1 N–H and O–H groups in total. The van der Waals surface area contributed by atoms with E-state index in [1.165, 1.54) is 4.90 Å². The zero-order valence-corrected chi connectivity index (χ0v) is 13.1. The third-order valence-electron chi connectivity index (χ3n) is 3.43. The lowest BCUT2D eigenvalue weighted by molar-refractivity contribution is 0.103. The highest BCUT2D eigenvalue weighted by molar-refractivity contribution is 6.37. The van der Waals surface area contributed by atoms with Gasteiger partial charge in [-0.2, -0.15) is 0 Å². The molecule has 1 amide bonds. The molecule has 1 aromatic rings. The van der Waals surface area contributed by atoms with Crippen LogP contribution in [0.2, 0.25) is 10.0 Å². The Hall–Kier alpha value is -1.17. The highest BCUT2D eigenvalue weighted by Crippen LogP contribution is 2.32. The van der Waals surface area contributed by atoms with E-state index in [0.717, 1.165) is 26.1 Å². The lowest BCUT2D eigenvalue weighted by atomic mass is 10.3. The van der Waals surface area contributed by atoms with Crippen molar-refractivity contribution in [2.45, 2.75) is 6.42 Å². The molecule has 1 aliphatic heterocycles. The van der Waals surface area contributed by atoms with Gasteiger partial charge in [0, 0.05) is 32.7 Å². The van der Waals surface area contributed by atoms with E-state index in [1.54, 1.807) is 18.2 Å². The van der Waals surface area contributed by atoms with Crippen LogP contribution in [0.3, 0.4) is 0 Å². The Bertz CT molecular complexity index is 471.